The van der Waals surface area contributed by atoms with Crippen LogP contribution in [0.4, 0.5) is 5.69 Å². The highest BCUT2D eigenvalue weighted by Gasteiger charge is 2.20. The summed E-state index contributed by atoms with van der Waals surface area (Å²) >= 11 is 0. The van der Waals surface area contributed by atoms with Crippen LogP contribution in [0.2, 0.25) is 0 Å². The molecule has 0 saturated carbocycles. The summed E-state index contributed by atoms with van der Waals surface area (Å²) in [5.74, 6) is 0.609. The summed E-state index contributed by atoms with van der Waals surface area (Å²) < 4.78 is 0. The summed E-state index contributed by atoms with van der Waals surface area (Å²) in [5, 5.41) is 5.00. The zero-order valence-electron chi connectivity index (χ0n) is 19.5. The van der Waals surface area contributed by atoms with E-state index < -0.39 is 0 Å². The van der Waals surface area contributed by atoms with Gasteiger partial charge in [0.2, 0.25) is 0 Å². The molecule has 1 fully saturated rings. The monoisotopic (exact) mass is 449 g/mol. The second-order valence-electron chi connectivity index (χ2n) is 9.22. The minimum Gasteiger partial charge on any atom is -0.321 e. The van der Waals surface area contributed by atoms with Gasteiger partial charge in [-0.25, -0.2) is 0 Å². The third-order valence-electron chi connectivity index (χ3n) is 6.90. The lowest BCUT2D eigenvalue weighted by molar-refractivity contribution is 0.102. The average molecular weight is 450 g/mol. The van der Waals surface area contributed by atoms with Crippen LogP contribution in [-0.4, -0.2) is 35.4 Å². The Morgan fingerprint density at radius 3 is 2.24 bits per heavy atom. The quantitative estimate of drug-likeness (QED) is 0.377. The fourth-order valence-electron chi connectivity index (χ4n) is 4.98. The Morgan fingerprint density at radius 1 is 0.853 bits per heavy atom. The van der Waals surface area contributed by atoms with Gasteiger partial charge in [0.25, 0.3) is 5.91 Å². The maximum Gasteiger partial charge on any atom is 0.274 e. The number of fused-ring (bicyclic) bond motifs is 1. The molecule has 1 amide bonds. The Kier molecular flexibility index (Phi) is 6.97. The molecule has 0 aliphatic carbocycles. The van der Waals surface area contributed by atoms with Crippen molar-refractivity contribution >= 4 is 22.4 Å². The van der Waals surface area contributed by atoms with Gasteiger partial charge in [0.15, 0.2) is 0 Å². The molecule has 0 bridgehead atoms. The molecule has 0 unspecified atom stereocenters. The van der Waals surface area contributed by atoms with Crippen molar-refractivity contribution in [1.29, 1.82) is 0 Å². The average Bonchev–Trinajstić information content (AvgIpc) is 2.89. The Bertz CT molecular complexity index is 1230. The van der Waals surface area contributed by atoms with Gasteiger partial charge in [0, 0.05) is 23.8 Å². The molecular weight excluding hydrogens is 418 g/mol. The van der Waals surface area contributed by atoms with Crippen molar-refractivity contribution in [2.45, 2.75) is 25.7 Å². The lowest BCUT2D eigenvalue weighted by Crippen LogP contribution is -2.35. The minimum atomic E-state index is -0.172. The summed E-state index contributed by atoms with van der Waals surface area (Å²) in [4.78, 5) is 20.1. The van der Waals surface area contributed by atoms with Crippen LogP contribution in [0, 0.1) is 5.92 Å². The van der Waals surface area contributed by atoms with Crippen molar-refractivity contribution in [2.24, 2.45) is 5.92 Å². The number of pyridine rings is 1. The van der Waals surface area contributed by atoms with Crippen LogP contribution < -0.4 is 5.32 Å². The van der Waals surface area contributed by atoms with Gasteiger partial charge in [0.1, 0.15) is 5.69 Å². The van der Waals surface area contributed by atoms with Gasteiger partial charge in [-0.05, 0) is 73.3 Å². The first kappa shape index (κ1) is 22.3. The first-order valence-corrected chi connectivity index (χ1v) is 12.3. The van der Waals surface area contributed by atoms with Gasteiger partial charge in [-0.2, -0.15) is 0 Å². The normalized spacial score (nSPS) is 14.8. The summed E-state index contributed by atoms with van der Waals surface area (Å²) in [6, 6.07) is 28.5. The number of anilines is 1. The molecule has 1 N–H and O–H groups in total. The largest absolute Gasteiger partial charge is 0.321 e. The molecule has 3 aromatic carbocycles. The van der Waals surface area contributed by atoms with Gasteiger partial charge in [-0.15, -0.1) is 0 Å². The number of rotatable bonds is 7. The Hall–Kier alpha value is -3.50. The molecule has 0 radical (unpaired) electrons. The molecule has 2 heterocycles. The molecule has 4 aromatic rings. The SMILES string of the molecule is O=C(Nc1ccccc1)c1ncc(CCN2CCC(Cc3ccccc3)CC2)c2ccccc12. The zero-order chi connectivity index (χ0) is 23.2. The summed E-state index contributed by atoms with van der Waals surface area (Å²) in [6.45, 7) is 3.33. The van der Waals surface area contributed by atoms with Crippen LogP contribution >= 0.6 is 0 Å². The fourth-order valence-corrected chi connectivity index (χ4v) is 4.98. The number of hydrogen-bond acceptors (Lipinski definition) is 3. The predicted octanol–water partition coefficient (Wildman–Crippen LogP) is 5.98. The third kappa shape index (κ3) is 5.35. The standard InChI is InChI=1S/C30H31N3O/c34-30(32-26-11-5-2-6-12-26)29-28-14-8-7-13-27(28)25(22-31-29)17-20-33-18-15-24(16-19-33)21-23-9-3-1-4-10-23/h1-14,22,24H,15-21H2,(H,32,34). The number of para-hydroxylation sites is 1. The molecule has 1 aliphatic rings. The van der Waals surface area contributed by atoms with Gasteiger partial charge in [-0.3, -0.25) is 9.78 Å². The lowest BCUT2D eigenvalue weighted by atomic mass is 9.90. The number of carbonyl (C=O) groups excluding carboxylic acids is 1. The van der Waals surface area contributed by atoms with E-state index in [1.54, 1.807) is 0 Å². The van der Waals surface area contributed by atoms with E-state index in [4.69, 9.17) is 0 Å². The number of benzene rings is 3. The van der Waals surface area contributed by atoms with E-state index in [0.717, 1.165) is 48.4 Å². The molecule has 5 rings (SSSR count). The Labute approximate surface area is 201 Å². The predicted molar refractivity (Wildman–Crippen MR) is 139 cm³/mol. The van der Waals surface area contributed by atoms with E-state index in [-0.39, 0.29) is 5.91 Å². The van der Waals surface area contributed by atoms with Crippen LogP contribution in [0.3, 0.4) is 0 Å². The van der Waals surface area contributed by atoms with E-state index in [1.807, 2.05) is 54.7 Å². The first-order chi connectivity index (χ1) is 16.8. The molecule has 0 atom stereocenters. The Balaban J connectivity index is 1.22. The number of piperidine rings is 1. The molecule has 34 heavy (non-hydrogen) atoms. The number of carbonyl (C=O) groups is 1. The van der Waals surface area contributed by atoms with E-state index in [2.05, 4.69) is 51.6 Å². The molecule has 0 spiro atoms. The van der Waals surface area contributed by atoms with Crippen LogP contribution in [0.1, 0.15) is 34.5 Å². The van der Waals surface area contributed by atoms with Gasteiger partial charge >= 0.3 is 0 Å². The minimum absolute atomic E-state index is 0.172. The molecule has 1 saturated heterocycles. The maximum atomic E-state index is 12.9. The molecule has 172 valence electrons. The molecule has 4 heteroatoms. The number of aromatic nitrogens is 1. The lowest BCUT2D eigenvalue weighted by Gasteiger charge is -2.32. The van der Waals surface area contributed by atoms with E-state index in [0.29, 0.717) is 5.69 Å². The van der Waals surface area contributed by atoms with Gasteiger partial charge in [-0.1, -0.05) is 72.8 Å². The van der Waals surface area contributed by atoms with Crippen LogP contribution in [0.5, 0.6) is 0 Å². The number of likely N-dealkylation sites (tertiary alicyclic amines) is 1. The van der Waals surface area contributed by atoms with Crippen LogP contribution in [-0.2, 0) is 12.8 Å². The van der Waals surface area contributed by atoms with Gasteiger partial charge in [0.05, 0.1) is 0 Å². The zero-order valence-corrected chi connectivity index (χ0v) is 19.5. The highest BCUT2D eigenvalue weighted by Crippen LogP contribution is 2.25. The smallest absolute Gasteiger partial charge is 0.274 e. The second-order valence-corrected chi connectivity index (χ2v) is 9.22. The fraction of sp³-hybridized carbons (Fsp3) is 0.267. The Morgan fingerprint density at radius 2 is 1.50 bits per heavy atom. The van der Waals surface area contributed by atoms with E-state index in [9.17, 15) is 4.79 Å². The van der Waals surface area contributed by atoms with Crippen molar-refractivity contribution in [1.82, 2.24) is 9.88 Å². The number of hydrogen-bond donors (Lipinski definition) is 1. The van der Waals surface area contributed by atoms with Crippen molar-refractivity contribution in [3.63, 3.8) is 0 Å². The molecular formula is C30H31N3O. The first-order valence-electron chi connectivity index (χ1n) is 12.3. The van der Waals surface area contributed by atoms with Crippen LogP contribution in [0.25, 0.3) is 10.8 Å². The molecule has 1 aliphatic heterocycles. The highest BCUT2D eigenvalue weighted by molar-refractivity contribution is 6.11. The van der Waals surface area contributed by atoms with Crippen molar-refractivity contribution in [3.05, 3.63) is 108 Å². The second kappa shape index (κ2) is 10.6. The summed E-state index contributed by atoms with van der Waals surface area (Å²) in [7, 11) is 0. The summed E-state index contributed by atoms with van der Waals surface area (Å²) in [5.41, 5.74) is 3.91. The third-order valence-corrected chi connectivity index (χ3v) is 6.90. The molecule has 4 nitrogen and oxygen atoms in total. The van der Waals surface area contributed by atoms with Crippen LogP contribution in [0.15, 0.2) is 91.1 Å². The maximum absolute atomic E-state index is 12.9. The van der Waals surface area contributed by atoms with Crippen molar-refractivity contribution < 1.29 is 4.79 Å². The number of amides is 1. The van der Waals surface area contributed by atoms with Gasteiger partial charge < -0.3 is 10.2 Å². The van der Waals surface area contributed by atoms with E-state index >= 15 is 0 Å². The number of nitrogens with zero attached hydrogens (tertiary/aromatic N) is 2. The highest BCUT2D eigenvalue weighted by atomic mass is 16.1. The number of nitrogens with one attached hydrogen (secondary N) is 1. The summed E-state index contributed by atoms with van der Waals surface area (Å²) in [6.07, 6.45) is 6.54. The topological polar surface area (TPSA) is 45.2 Å². The van der Waals surface area contributed by atoms with Crippen molar-refractivity contribution in [2.75, 3.05) is 25.0 Å². The van der Waals surface area contributed by atoms with E-state index in [1.165, 1.54) is 30.4 Å². The molecule has 1 aromatic heterocycles. The van der Waals surface area contributed by atoms with Crippen molar-refractivity contribution in [3.8, 4) is 0 Å².